The Morgan fingerprint density at radius 1 is 0.782 bits per heavy atom. The van der Waals surface area contributed by atoms with Gasteiger partial charge >= 0.3 is 5.97 Å². The van der Waals surface area contributed by atoms with Crippen LogP contribution in [0.4, 0.5) is 11.4 Å². The van der Waals surface area contributed by atoms with E-state index in [1.807, 2.05) is 73.5 Å². The molecule has 0 radical (unpaired) electrons. The summed E-state index contributed by atoms with van der Waals surface area (Å²) in [6.07, 6.45) is 11.6. The lowest BCUT2D eigenvalue weighted by atomic mass is 9.94. The molecule has 4 aliphatic rings. The van der Waals surface area contributed by atoms with Crippen LogP contribution >= 0.6 is 0 Å². The zero-order chi connectivity index (χ0) is 38.1. The van der Waals surface area contributed by atoms with E-state index in [2.05, 4.69) is 25.9 Å². The van der Waals surface area contributed by atoms with Crippen molar-refractivity contribution in [1.29, 1.82) is 0 Å². The van der Waals surface area contributed by atoms with Gasteiger partial charge in [0.15, 0.2) is 0 Å². The summed E-state index contributed by atoms with van der Waals surface area (Å²) < 4.78 is 5.51. The quantitative estimate of drug-likeness (QED) is 0.111. The molecule has 0 bridgehead atoms. The second kappa shape index (κ2) is 16.0. The van der Waals surface area contributed by atoms with Crippen LogP contribution in [0.2, 0.25) is 0 Å². The van der Waals surface area contributed by atoms with Crippen LogP contribution in [0.5, 0.6) is 0 Å². The van der Waals surface area contributed by atoms with Gasteiger partial charge in [0.2, 0.25) is 0 Å². The van der Waals surface area contributed by atoms with Gasteiger partial charge in [-0.2, -0.15) is 0 Å². The minimum atomic E-state index is -0.777. The number of hydrogen-bond acceptors (Lipinski definition) is 8. The van der Waals surface area contributed by atoms with Crippen LogP contribution in [0, 0.1) is 13.8 Å². The van der Waals surface area contributed by atoms with Gasteiger partial charge in [-0.25, -0.2) is 0 Å². The molecule has 2 amide bonds. The standard InChI is InChI=1S/C44H50N6O5/c1-26-33(7-5-9-37(26)48-42(51)39-19-35(28-12-13-28)30(22-46-39)21-45-32-16-18-55-25-32)34-8-6-10-38(27(34)2)49-43(52)40-20-36(29-14-15-29)31(23-47-40)24-50-17-4-3-11-41(50)44(53)54/h5-10,19-20,22-23,28-29,32,41,45H,3-4,11-18,21,24-25H2,1-2H3,(H,48,51)(H,49,52)(H,53,54)/t32-,41+/m1/s1. The number of nitrogens with one attached hydrogen (secondary N) is 3. The Hall–Kier alpha value is -4.97. The van der Waals surface area contributed by atoms with Crippen LogP contribution in [0.25, 0.3) is 11.1 Å². The minimum Gasteiger partial charge on any atom is -0.480 e. The molecule has 2 aliphatic carbocycles. The molecule has 2 aliphatic heterocycles. The maximum atomic E-state index is 13.7. The van der Waals surface area contributed by atoms with Gasteiger partial charge in [-0.3, -0.25) is 29.3 Å². The smallest absolute Gasteiger partial charge is 0.320 e. The van der Waals surface area contributed by atoms with Crippen molar-refractivity contribution in [3.05, 3.63) is 106 Å². The summed E-state index contributed by atoms with van der Waals surface area (Å²) in [6, 6.07) is 15.4. The molecule has 2 aromatic heterocycles. The largest absolute Gasteiger partial charge is 0.480 e. The number of aromatic nitrogens is 2. The molecule has 286 valence electrons. The van der Waals surface area contributed by atoms with Crippen molar-refractivity contribution < 1.29 is 24.2 Å². The van der Waals surface area contributed by atoms with E-state index in [0.29, 0.717) is 60.2 Å². The van der Waals surface area contributed by atoms with Gasteiger partial charge in [-0.15, -0.1) is 0 Å². The molecule has 4 N–H and O–H groups in total. The number of likely N-dealkylation sites (tertiary alicyclic amines) is 1. The lowest BCUT2D eigenvalue weighted by molar-refractivity contribution is -0.144. The number of pyridine rings is 2. The Bertz CT molecular complexity index is 2100. The third kappa shape index (κ3) is 8.34. The SMILES string of the molecule is Cc1c(NC(=O)c2cc(C3CC3)c(CN[C@@H]3CCOC3)cn2)cccc1-c1cccc(NC(=O)c2cc(C3CC3)c(CN3CCCC[C@H]3C(=O)O)cn2)c1C. The zero-order valence-corrected chi connectivity index (χ0v) is 31.7. The van der Waals surface area contributed by atoms with Gasteiger partial charge in [0.25, 0.3) is 11.8 Å². The highest BCUT2D eigenvalue weighted by atomic mass is 16.5. The summed E-state index contributed by atoms with van der Waals surface area (Å²) in [6.45, 7) is 7.49. The molecule has 4 fully saturated rings. The van der Waals surface area contributed by atoms with Gasteiger partial charge in [0.05, 0.1) is 6.61 Å². The molecule has 55 heavy (non-hydrogen) atoms. The fourth-order valence-corrected chi connectivity index (χ4v) is 8.20. The Balaban J connectivity index is 0.971. The molecule has 2 saturated carbocycles. The van der Waals surface area contributed by atoms with Crippen LogP contribution in [0.15, 0.2) is 60.9 Å². The van der Waals surface area contributed by atoms with Gasteiger partial charge in [-0.05, 0) is 146 Å². The number of hydrogen-bond donors (Lipinski definition) is 4. The lowest BCUT2D eigenvalue weighted by Gasteiger charge is -2.33. The highest BCUT2D eigenvalue weighted by Gasteiger charge is 2.33. The van der Waals surface area contributed by atoms with E-state index >= 15 is 0 Å². The fraction of sp³-hybridized carbons (Fsp3) is 0.432. The number of nitrogens with zero attached hydrogens (tertiary/aromatic N) is 3. The summed E-state index contributed by atoms with van der Waals surface area (Å²) >= 11 is 0. The number of carbonyl (C=O) groups is 3. The Labute approximate surface area is 322 Å². The van der Waals surface area contributed by atoms with E-state index < -0.39 is 12.0 Å². The van der Waals surface area contributed by atoms with Crippen LogP contribution in [0.1, 0.15) is 118 Å². The number of piperidine rings is 1. The zero-order valence-electron chi connectivity index (χ0n) is 31.7. The number of rotatable bonds is 13. The van der Waals surface area contributed by atoms with Gasteiger partial charge in [0, 0.05) is 49.5 Å². The van der Waals surface area contributed by atoms with E-state index in [0.717, 1.165) is 104 Å². The van der Waals surface area contributed by atoms with E-state index in [1.165, 1.54) is 5.56 Å². The van der Waals surface area contributed by atoms with Gasteiger partial charge in [0.1, 0.15) is 17.4 Å². The highest BCUT2D eigenvalue weighted by molar-refractivity contribution is 6.05. The van der Waals surface area contributed by atoms with Crippen molar-refractivity contribution in [1.82, 2.24) is 20.2 Å². The molecular formula is C44H50N6O5. The summed E-state index contributed by atoms with van der Waals surface area (Å²) in [4.78, 5) is 50.4. The predicted molar refractivity (Wildman–Crippen MR) is 211 cm³/mol. The summed E-state index contributed by atoms with van der Waals surface area (Å²) in [5.41, 5.74) is 10.3. The highest BCUT2D eigenvalue weighted by Crippen LogP contribution is 2.43. The Morgan fingerprint density at radius 2 is 1.36 bits per heavy atom. The van der Waals surface area contributed by atoms with Crippen molar-refractivity contribution in [3.8, 4) is 11.1 Å². The topological polar surface area (TPSA) is 146 Å². The average molecular weight is 743 g/mol. The van der Waals surface area contributed by atoms with E-state index in [9.17, 15) is 19.5 Å². The third-order valence-electron chi connectivity index (χ3n) is 11.8. The maximum Gasteiger partial charge on any atom is 0.320 e. The first-order valence-corrected chi connectivity index (χ1v) is 19.8. The molecule has 11 heteroatoms. The molecule has 2 aromatic carbocycles. The minimum absolute atomic E-state index is 0.245. The van der Waals surface area contributed by atoms with Crippen molar-refractivity contribution in [2.24, 2.45) is 0 Å². The van der Waals surface area contributed by atoms with E-state index in [-0.39, 0.29) is 11.8 Å². The number of carboxylic acid groups (broad SMARTS) is 1. The second-order valence-corrected chi connectivity index (χ2v) is 15.7. The second-order valence-electron chi connectivity index (χ2n) is 15.7. The van der Waals surface area contributed by atoms with Crippen molar-refractivity contribution in [3.63, 3.8) is 0 Å². The van der Waals surface area contributed by atoms with Crippen molar-refractivity contribution in [2.75, 3.05) is 30.4 Å². The summed E-state index contributed by atoms with van der Waals surface area (Å²) in [7, 11) is 0. The third-order valence-corrected chi connectivity index (χ3v) is 11.8. The number of benzene rings is 2. The maximum absolute atomic E-state index is 13.7. The molecule has 0 unspecified atom stereocenters. The number of anilines is 2. The Kier molecular flexibility index (Phi) is 10.8. The number of ether oxygens (including phenoxy) is 1. The molecule has 11 nitrogen and oxygen atoms in total. The van der Waals surface area contributed by atoms with Crippen LogP contribution < -0.4 is 16.0 Å². The summed E-state index contributed by atoms with van der Waals surface area (Å²) in [5.74, 6) is -0.472. The van der Waals surface area contributed by atoms with Crippen molar-refractivity contribution >= 4 is 29.2 Å². The van der Waals surface area contributed by atoms with E-state index in [4.69, 9.17) is 4.74 Å². The van der Waals surface area contributed by atoms with E-state index in [1.54, 1.807) is 6.20 Å². The molecule has 2 atom stereocenters. The number of aliphatic carboxylic acids is 1. The first-order valence-electron chi connectivity index (χ1n) is 19.8. The number of carbonyl (C=O) groups excluding carboxylic acids is 2. The Morgan fingerprint density at radius 3 is 1.91 bits per heavy atom. The molecule has 8 rings (SSSR count). The average Bonchev–Trinajstić information content (AvgIpc) is 4.14. The van der Waals surface area contributed by atoms with Crippen LogP contribution in [0.3, 0.4) is 0 Å². The molecule has 4 aromatic rings. The first kappa shape index (κ1) is 37.0. The summed E-state index contributed by atoms with van der Waals surface area (Å²) in [5, 5.41) is 19.6. The lowest BCUT2D eigenvalue weighted by Crippen LogP contribution is -2.44. The monoisotopic (exact) mass is 742 g/mol. The van der Waals surface area contributed by atoms with Crippen LogP contribution in [-0.4, -0.2) is 69.6 Å². The van der Waals surface area contributed by atoms with Crippen LogP contribution in [-0.2, 0) is 22.6 Å². The first-order chi connectivity index (χ1) is 26.7. The number of carboxylic acids is 1. The fourth-order valence-electron chi connectivity index (χ4n) is 8.20. The van der Waals surface area contributed by atoms with Gasteiger partial charge < -0.3 is 25.8 Å². The number of amides is 2. The molecular weight excluding hydrogens is 693 g/mol. The molecule has 2 saturated heterocycles. The predicted octanol–water partition coefficient (Wildman–Crippen LogP) is 7.34. The molecule has 4 heterocycles. The van der Waals surface area contributed by atoms with Crippen molar-refractivity contribution in [2.45, 2.75) is 102 Å². The normalized spacial score (nSPS) is 20.0. The van der Waals surface area contributed by atoms with Gasteiger partial charge in [-0.1, -0.05) is 30.7 Å². The molecule has 0 spiro atoms.